The summed E-state index contributed by atoms with van der Waals surface area (Å²) in [5, 5.41) is 6.90. The first-order valence-electron chi connectivity index (χ1n) is 10.0. The Bertz CT molecular complexity index is 1160. The highest BCUT2D eigenvalue weighted by Crippen LogP contribution is 2.22. The number of carbonyl (C=O) groups excluding carboxylic acids is 2. The van der Waals surface area contributed by atoms with Crippen molar-refractivity contribution in [3.8, 4) is 5.75 Å². The van der Waals surface area contributed by atoms with Crippen molar-refractivity contribution in [1.29, 1.82) is 0 Å². The van der Waals surface area contributed by atoms with Crippen LogP contribution >= 0.6 is 15.9 Å². The van der Waals surface area contributed by atoms with Gasteiger partial charge in [0.25, 0.3) is 11.8 Å². The quantitative estimate of drug-likeness (QED) is 0.352. The number of anilines is 1. The summed E-state index contributed by atoms with van der Waals surface area (Å²) in [6.07, 6.45) is 1.48. The predicted octanol–water partition coefficient (Wildman–Crippen LogP) is 5.16. The van der Waals surface area contributed by atoms with E-state index in [4.69, 9.17) is 4.74 Å². The molecule has 0 radical (unpaired) electrons. The fourth-order valence-corrected chi connectivity index (χ4v) is 3.28. The fraction of sp³-hybridized carbons (Fsp3) is 0.160. The molecule has 0 fully saturated rings. The summed E-state index contributed by atoms with van der Waals surface area (Å²) in [7, 11) is 0. The first-order chi connectivity index (χ1) is 15.3. The number of hydrogen-bond acceptors (Lipinski definition) is 4. The molecule has 0 atom stereocenters. The Morgan fingerprint density at radius 2 is 1.78 bits per heavy atom. The van der Waals surface area contributed by atoms with E-state index < -0.39 is 0 Å². The van der Waals surface area contributed by atoms with Crippen LogP contribution in [0, 0.1) is 20.8 Å². The van der Waals surface area contributed by atoms with Gasteiger partial charge in [0.15, 0.2) is 6.61 Å². The van der Waals surface area contributed by atoms with Gasteiger partial charge >= 0.3 is 0 Å². The van der Waals surface area contributed by atoms with Gasteiger partial charge < -0.3 is 10.1 Å². The summed E-state index contributed by atoms with van der Waals surface area (Å²) in [4.78, 5) is 24.6. The molecule has 0 heterocycles. The molecule has 3 rings (SSSR count). The van der Waals surface area contributed by atoms with Crippen molar-refractivity contribution >= 4 is 39.6 Å². The molecule has 2 N–H and O–H groups in total. The largest absolute Gasteiger partial charge is 0.483 e. The summed E-state index contributed by atoms with van der Waals surface area (Å²) in [5.74, 6) is -0.110. The molecule has 2 amide bonds. The maximum Gasteiger partial charge on any atom is 0.271 e. The van der Waals surface area contributed by atoms with Gasteiger partial charge in [-0.25, -0.2) is 5.43 Å². The molecular formula is C25H24BrN3O3. The highest BCUT2D eigenvalue weighted by molar-refractivity contribution is 9.10. The minimum absolute atomic E-state index is 0.161. The molecule has 0 spiro atoms. The third-order valence-corrected chi connectivity index (χ3v) is 5.39. The van der Waals surface area contributed by atoms with Crippen LogP contribution in [0.3, 0.4) is 0 Å². The van der Waals surface area contributed by atoms with Crippen molar-refractivity contribution in [2.45, 2.75) is 20.8 Å². The minimum Gasteiger partial charge on any atom is -0.483 e. The number of benzene rings is 3. The average molecular weight is 494 g/mol. The maximum atomic E-state index is 12.4. The van der Waals surface area contributed by atoms with Crippen LogP contribution in [0.1, 0.15) is 32.6 Å². The van der Waals surface area contributed by atoms with Crippen LogP contribution in [-0.4, -0.2) is 24.6 Å². The molecule has 3 aromatic rings. The fourth-order valence-electron chi connectivity index (χ4n) is 2.90. The molecule has 0 bridgehead atoms. The number of nitrogens with one attached hydrogen (secondary N) is 2. The van der Waals surface area contributed by atoms with Gasteiger partial charge in [-0.1, -0.05) is 45.8 Å². The summed E-state index contributed by atoms with van der Waals surface area (Å²) in [6, 6.07) is 18.3. The number of hydrazone groups is 1. The molecule has 0 aliphatic carbocycles. The van der Waals surface area contributed by atoms with Gasteiger partial charge in [0.2, 0.25) is 0 Å². The van der Waals surface area contributed by atoms with Crippen molar-refractivity contribution in [2.75, 3.05) is 11.9 Å². The van der Waals surface area contributed by atoms with Gasteiger partial charge in [0.1, 0.15) is 5.75 Å². The molecule has 32 heavy (non-hydrogen) atoms. The van der Waals surface area contributed by atoms with E-state index in [0.717, 1.165) is 26.9 Å². The van der Waals surface area contributed by atoms with Gasteiger partial charge in [0.05, 0.1) is 6.21 Å². The molecule has 0 aromatic heterocycles. The Kier molecular flexibility index (Phi) is 7.78. The second-order valence-electron chi connectivity index (χ2n) is 7.33. The smallest absolute Gasteiger partial charge is 0.271 e. The zero-order valence-corrected chi connectivity index (χ0v) is 19.7. The van der Waals surface area contributed by atoms with Crippen LogP contribution in [0.4, 0.5) is 5.69 Å². The highest BCUT2D eigenvalue weighted by atomic mass is 79.9. The summed E-state index contributed by atoms with van der Waals surface area (Å²) in [5.41, 5.74) is 7.58. The average Bonchev–Trinajstić information content (AvgIpc) is 2.77. The van der Waals surface area contributed by atoms with Crippen LogP contribution in [0.15, 0.2) is 70.2 Å². The Morgan fingerprint density at radius 3 is 2.53 bits per heavy atom. The van der Waals surface area contributed by atoms with Crippen LogP contribution in [-0.2, 0) is 4.79 Å². The number of hydrogen-bond donors (Lipinski definition) is 2. The summed E-state index contributed by atoms with van der Waals surface area (Å²) >= 11 is 3.42. The Hall–Kier alpha value is -3.45. The van der Waals surface area contributed by atoms with E-state index >= 15 is 0 Å². The Labute approximate surface area is 195 Å². The third-order valence-electron chi connectivity index (χ3n) is 4.89. The number of ether oxygens (including phenoxy) is 1. The van der Waals surface area contributed by atoms with Gasteiger partial charge in [0, 0.05) is 21.3 Å². The lowest BCUT2D eigenvalue weighted by Crippen LogP contribution is -2.21. The van der Waals surface area contributed by atoms with Crippen LogP contribution in [0.25, 0.3) is 0 Å². The van der Waals surface area contributed by atoms with E-state index in [1.54, 1.807) is 30.3 Å². The molecule has 0 unspecified atom stereocenters. The molecular weight excluding hydrogens is 470 g/mol. The Morgan fingerprint density at radius 1 is 1.03 bits per heavy atom. The van der Waals surface area contributed by atoms with Gasteiger partial charge in [-0.05, 0) is 68.3 Å². The summed E-state index contributed by atoms with van der Waals surface area (Å²) < 4.78 is 6.53. The van der Waals surface area contributed by atoms with E-state index in [2.05, 4.69) is 31.8 Å². The number of halogens is 1. The number of aryl methyl sites for hydroxylation is 2. The van der Waals surface area contributed by atoms with Crippen LogP contribution in [0.2, 0.25) is 0 Å². The maximum absolute atomic E-state index is 12.4. The zero-order valence-electron chi connectivity index (χ0n) is 18.1. The van der Waals surface area contributed by atoms with Crippen molar-refractivity contribution in [3.63, 3.8) is 0 Å². The normalized spacial score (nSPS) is 10.8. The molecule has 0 saturated heterocycles. The summed E-state index contributed by atoms with van der Waals surface area (Å²) in [6.45, 7) is 5.75. The third kappa shape index (κ3) is 6.28. The highest BCUT2D eigenvalue weighted by Gasteiger charge is 2.10. The molecule has 3 aromatic carbocycles. The first-order valence-corrected chi connectivity index (χ1v) is 10.8. The molecule has 0 saturated carbocycles. The number of nitrogens with zero attached hydrogens (tertiary/aromatic N) is 1. The lowest BCUT2D eigenvalue weighted by molar-refractivity contribution is -0.118. The lowest BCUT2D eigenvalue weighted by atomic mass is 10.1. The predicted molar refractivity (Wildman–Crippen MR) is 130 cm³/mol. The molecule has 0 aliphatic rings. The van der Waals surface area contributed by atoms with Crippen LogP contribution in [0.5, 0.6) is 5.75 Å². The van der Waals surface area contributed by atoms with E-state index in [1.165, 1.54) is 6.21 Å². The number of rotatable bonds is 7. The van der Waals surface area contributed by atoms with Gasteiger partial charge in [-0.15, -0.1) is 0 Å². The van der Waals surface area contributed by atoms with Crippen molar-refractivity contribution < 1.29 is 14.3 Å². The molecule has 0 aliphatic heterocycles. The van der Waals surface area contributed by atoms with E-state index in [1.807, 2.05) is 51.1 Å². The molecule has 164 valence electrons. The second kappa shape index (κ2) is 10.7. The number of amides is 2. The second-order valence-corrected chi connectivity index (χ2v) is 8.25. The van der Waals surface area contributed by atoms with E-state index in [9.17, 15) is 9.59 Å². The van der Waals surface area contributed by atoms with E-state index in [-0.39, 0.29) is 18.4 Å². The standard InChI is InChI=1S/C25H24BrN3O3/c1-16-7-9-19(10-8-16)25(31)29-27-14-20-13-21(26)11-12-23(20)32-15-24(30)28-22-6-4-5-17(2)18(22)3/h4-14H,15H2,1-3H3,(H,28,30)(H,29,31)/b27-14+. The van der Waals surface area contributed by atoms with Crippen molar-refractivity contribution in [1.82, 2.24) is 5.43 Å². The zero-order chi connectivity index (χ0) is 23.1. The minimum atomic E-state index is -0.313. The number of carbonyl (C=O) groups is 2. The van der Waals surface area contributed by atoms with Crippen LogP contribution < -0.4 is 15.5 Å². The van der Waals surface area contributed by atoms with Gasteiger partial charge in [-0.3, -0.25) is 9.59 Å². The molecule has 7 heteroatoms. The van der Waals surface area contributed by atoms with Crippen molar-refractivity contribution in [3.05, 3.63) is 93.0 Å². The van der Waals surface area contributed by atoms with E-state index in [0.29, 0.717) is 16.9 Å². The molecule has 6 nitrogen and oxygen atoms in total. The monoisotopic (exact) mass is 493 g/mol. The first kappa shape index (κ1) is 23.2. The van der Waals surface area contributed by atoms with Crippen molar-refractivity contribution in [2.24, 2.45) is 5.10 Å². The lowest BCUT2D eigenvalue weighted by Gasteiger charge is -2.12. The Balaban J connectivity index is 1.63. The van der Waals surface area contributed by atoms with Gasteiger partial charge in [-0.2, -0.15) is 5.10 Å². The SMILES string of the molecule is Cc1ccc(C(=O)N/N=C/c2cc(Br)ccc2OCC(=O)Nc2cccc(C)c2C)cc1. The topological polar surface area (TPSA) is 79.8 Å².